The van der Waals surface area contributed by atoms with Crippen molar-refractivity contribution in [3.8, 4) is 0 Å². The second-order valence-corrected chi connectivity index (χ2v) is 8.07. The minimum absolute atomic E-state index is 0.0929. The van der Waals surface area contributed by atoms with Crippen molar-refractivity contribution in [3.63, 3.8) is 0 Å². The molecule has 0 spiro atoms. The molecule has 0 saturated carbocycles. The molecule has 2 saturated heterocycles. The number of hydrogen-bond donors (Lipinski definition) is 2. The number of amides is 1. The van der Waals surface area contributed by atoms with Crippen molar-refractivity contribution in [2.45, 2.75) is 30.3 Å². The molecule has 2 fully saturated rings. The van der Waals surface area contributed by atoms with Gasteiger partial charge in [-0.05, 0) is 43.5 Å². The van der Waals surface area contributed by atoms with E-state index in [1.165, 1.54) is 29.5 Å². The summed E-state index contributed by atoms with van der Waals surface area (Å²) in [6.45, 7) is 1.15. The van der Waals surface area contributed by atoms with Gasteiger partial charge in [0.15, 0.2) is 0 Å². The van der Waals surface area contributed by atoms with Gasteiger partial charge in [-0.3, -0.25) is 9.69 Å². The topological polar surface area (TPSA) is 86.9 Å². The van der Waals surface area contributed by atoms with Crippen LogP contribution in [0, 0.1) is 0 Å². The standard InChI is InChI=1S/C15H21N3O3S2/c1-17-5-2-3-10(17)8-22-6-4-9-7-23-14-11(16)13(19)18(14)12(9)15(20)21/h4,6,10-11,14H,2-3,5,7-8,16H2,1H3,(H,20,21)/t10-,11+,14+/m0/s1. The summed E-state index contributed by atoms with van der Waals surface area (Å²) in [5, 5.41) is 11.2. The van der Waals surface area contributed by atoms with E-state index in [9.17, 15) is 14.7 Å². The summed E-state index contributed by atoms with van der Waals surface area (Å²) < 4.78 is 0. The molecule has 126 valence electrons. The Morgan fingerprint density at radius 3 is 3.00 bits per heavy atom. The molecule has 1 amide bonds. The zero-order valence-electron chi connectivity index (χ0n) is 13.0. The summed E-state index contributed by atoms with van der Waals surface area (Å²) in [5.74, 6) is 0.220. The minimum atomic E-state index is -1.06. The molecule has 0 aromatic carbocycles. The van der Waals surface area contributed by atoms with Crippen LogP contribution in [0.2, 0.25) is 0 Å². The number of nitrogens with zero attached hydrogens (tertiary/aromatic N) is 2. The Morgan fingerprint density at radius 1 is 1.57 bits per heavy atom. The van der Waals surface area contributed by atoms with Gasteiger partial charge in [0.1, 0.15) is 17.1 Å². The number of carboxylic acid groups (broad SMARTS) is 1. The van der Waals surface area contributed by atoms with Crippen LogP contribution in [0.15, 0.2) is 22.8 Å². The number of allylic oxidation sites excluding steroid dienone is 1. The molecule has 3 heterocycles. The summed E-state index contributed by atoms with van der Waals surface area (Å²) in [6, 6.07) is 0.0183. The molecule has 3 aliphatic rings. The quantitative estimate of drug-likeness (QED) is 0.709. The minimum Gasteiger partial charge on any atom is -0.477 e. The zero-order valence-corrected chi connectivity index (χ0v) is 14.6. The van der Waals surface area contributed by atoms with Crippen LogP contribution in [0.3, 0.4) is 0 Å². The van der Waals surface area contributed by atoms with Gasteiger partial charge in [-0.25, -0.2) is 4.79 Å². The third-order valence-corrected chi connectivity index (χ3v) is 6.80. The lowest BCUT2D eigenvalue weighted by molar-refractivity contribution is -0.147. The largest absolute Gasteiger partial charge is 0.477 e. The van der Waals surface area contributed by atoms with E-state index in [0.717, 1.165) is 12.3 Å². The highest BCUT2D eigenvalue weighted by Gasteiger charge is 2.51. The van der Waals surface area contributed by atoms with E-state index in [1.54, 1.807) is 11.8 Å². The molecule has 23 heavy (non-hydrogen) atoms. The second-order valence-electron chi connectivity index (χ2n) is 6.03. The van der Waals surface area contributed by atoms with E-state index in [1.807, 2.05) is 11.5 Å². The predicted octanol–water partition coefficient (Wildman–Crippen LogP) is 0.909. The highest BCUT2D eigenvalue weighted by atomic mass is 32.2. The molecule has 0 aliphatic carbocycles. The molecular weight excluding hydrogens is 334 g/mol. The van der Waals surface area contributed by atoms with E-state index in [4.69, 9.17) is 5.73 Å². The van der Waals surface area contributed by atoms with Crippen LogP contribution < -0.4 is 5.73 Å². The van der Waals surface area contributed by atoms with E-state index in [2.05, 4.69) is 11.9 Å². The molecule has 0 aromatic heterocycles. The summed E-state index contributed by atoms with van der Waals surface area (Å²) >= 11 is 3.22. The first-order valence-electron chi connectivity index (χ1n) is 7.66. The Morgan fingerprint density at radius 2 is 2.35 bits per heavy atom. The molecule has 3 rings (SSSR count). The SMILES string of the molecule is CN1CCC[C@H]1CSC=CC1=C(C(=O)O)N2C(=O)[C@@H](N)[C@H]2SC1. The number of rotatable bonds is 5. The molecule has 6 nitrogen and oxygen atoms in total. The first kappa shape index (κ1) is 16.9. The Labute approximate surface area is 144 Å². The summed E-state index contributed by atoms with van der Waals surface area (Å²) in [7, 11) is 2.14. The maximum absolute atomic E-state index is 11.9. The van der Waals surface area contributed by atoms with Crippen molar-refractivity contribution >= 4 is 35.4 Å². The van der Waals surface area contributed by atoms with Crippen LogP contribution in [0.1, 0.15) is 12.8 Å². The fourth-order valence-electron chi connectivity index (χ4n) is 3.15. The summed E-state index contributed by atoms with van der Waals surface area (Å²) in [6.07, 6.45) is 4.30. The number of carbonyl (C=O) groups is 2. The molecular formula is C15H21N3O3S2. The predicted molar refractivity (Wildman–Crippen MR) is 93.0 cm³/mol. The smallest absolute Gasteiger partial charge is 0.352 e. The van der Waals surface area contributed by atoms with Crippen LogP contribution in [0.4, 0.5) is 0 Å². The fourth-order valence-corrected chi connectivity index (χ4v) is 5.43. The highest BCUT2D eigenvalue weighted by molar-refractivity contribution is 8.02. The average Bonchev–Trinajstić information content (AvgIpc) is 2.95. The van der Waals surface area contributed by atoms with Crippen molar-refractivity contribution in [2.75, 3.05) is 25.1 Å². The summed E-state index contributed by atoms with van der Waals surface area (Å²) in [4.78, 5) is 27.1. The fraction of sp³-hybridized carbons (Fsp3) is 0.600. The van der Waals surface area contributed by atoms with Gasteiger partial charge in [-0.1, -0.05) is 0 Å². The number of hydrogen-bond acceptors (Lipinski definition) is 6. The molecule has 0 bridgehead atoms. The van der Waals surface area contributed by atoms with Crippen LogP contribution in [0.25, 0.3) is 0 Å². The van der Waals surface area contributed by atoms with Crippen LogP contribution in [0.5, 0.6) is 0 Å². The Kier molecular flexibility index (Phi) is 5.05. The van der Waals surface area contributed by atoms with E-state index >= 15 is 0 Å². The third kappa shape index (κ3) is 3.17. The second kappa shape index (κ2) is 6.88. The average molecular weight is 355 g/mol. The molecule has 0 radical (unpaired) electrons. The number of likely N-dealkylation sites (tertiary alicyclic amines) is 1. The van der Waals surface area contributed by atoms with E-state index in [-0.39, 0.29) is 17.0 Å². The first-order valence-corrected chi connectivity index (χ1v) is 9.75. The van der Waals surface area contributed by atoms with Gasteiger partial charge in [0.25, 0.3) is 0 Å². The Hall–Kier alpha value is -0.960. The first-order chi connectivity index (χ1) is 11.0. The van der Waals surface area contributed by atoms with Gasteiger partial charge in [0.05, 0.1) is 0 Å². The number of aliphatic carboxylic acids is 1. The van der Waals surface area contributed by atoms with Crippen molar-refractivity contribution in [1.82, 2.24) is 9.80 Å². The van der Waals surface area contributed by atoms with Crippen LogP contribution in [-0.4, -0.2) is 69.3 Å². The number of β-lactam (4-membered cyclic amide) rings is 1. The van der Waals surface area contributed by atoms with Gasteiger partial charge >= 0.3 is 5.97 Å². The summed E-state index contributed by atoms with van der Waals surface area (Å²) in [5.41, 5.74) is 6.51. The molecule has 0 unspecified atom stereocenters. The lowest BCUT2D eigenvalue weighted by Crippen LogP contribution is -2.68. The maximum atomic E-state index is 11.9. The number of carbonyl (C=O) groups excluding carboxylic acids is 1. The number of nitrogens with two attached hydrogens (primary N) is 1. The van der Waals surface area contributed by atoms with Crippen molar-refractivity contribution in [1.29, 1.82) is 0 Å². The van der Waals surface area contributed by atoms with Crippen molar-refractivity contribution in [2.24, 2.45) is 5.73 Å². The van der Waals surface area contributed by atoms with Crippen molar-refractivity contribution < 1.29 is 14.7 Å². The maximum Gasteiger partial charge on any atom is 0.352 e. The zero-order chi connectivity index (χ0) is 16.6. The van der Waals surface area contributed by atoms with Gasteiger partial charge < -0.3 is 15.7 Å². The molecule has 3 aliphatic heterocycles. The number of carboxylic acids is 1. The molecule has 0 aromatic rings. The lowest BCUT2D eigenvalue weighted by atomic mass is 10.0. The van der Waals surface area contributed by atoms with Gasteiger partial charge in [0, 0.05) is 17.5 Å². The van der Waals surface area contributed by atoms with Crippen LogP contribution in [-0.2, 0) is 9.59 Å². The monoisotopic (exact) mass is 355 g/mol. The third-order valence-electron chi connectivity index (χ3n) is 4.57. The normalized spacial score (nSPS) is 31.7. The van der Waals surface area contributed by atoms with Gasteiger partial charge in [-0.15, -0.1) is 23.5 Å². The Bertz CT molecular complexity index is 578. The van der Waals surface area contributed by atoms with Crippen LogP contribution >= 0.6 is 23.5 Å². The van der Waals surface area contributed by atoms with Gasteiger partial charge in [0.2, 0.25) is 5.91 Å². The van der Waals surface area contributed by atoms with E-state index < -0.39 is 12.0 Å². The Balaban J connectivity index is 1.66. The van der Waals surface area contributed by atoms with E-state index in [0.29, 0.717) is 17.4 Å². The number of thioether (sulfide) groups is 2. The molecule has 8 heteroatoms. The molecule has 3 atom stereocenters. The number of fused-ring (bicyclic) bond motifs is 1. The van der Waals surface area contributed by atoms with Crippen molar-refractivity contribution in [3.05, 3.63) is 22.8 Å². The highest BCUT2D eigenvalue weighted by Crippen LogP contribution is 2.39. The lowest BCUT2D eigenvalue weighted by Gasteiger charge is -2.47. The van der Waals surface area contributed by atoms with Gasteiger partial charge in [-0.2, -0.15) is 0 Å². The molecule has 3 N–H and O–H groups in total.